The zero-order valence-electron chi connectivity index (χ0n) is 10.3. The van der Waals surface area contributed by atoms with Gasteiger partial charge in [-0.15, -0.1) is 0 Å². The molecule has 0 saturated heterocycles. The lowest BCUT2D eigenvalue weighted by atomic mass is 10.3. The quantitative estimate of drug-likeness (QED) is 0.859. The monoisotopic (exact) mass is 269 g/mol. The number of carbonyl (C=O) groups excluding carboxylic acids is 2. The van der Waals surface area contributed by atoms with E-state index in [9.17, 15) is 9.59 Å². The number of nitrogens with two attached hydrogens (primary N) is 1. The van der Waals surface area contributed by atoms with Crippen molar-refractivity contribution < 1.29 is 9.59 Å². The van der Waals surface area contributed by atoms with Crippen LogP contribution >= 0.6 is 11.6 Å². The summed E-state index contributed by atoms with van der Waals surface area (Å²) in [5, 5.41) is 3.18. The van der Waals surface area contributed by atoms with E-state index in [4.69, 9.17) is 17.3 Å². The van der Waals surface area contributed by atoms with Crippen LogP contribution in [0.2, 0.25) is 5.02 Å². The van der Waals surface area contributed by atoms with Crippen LogP contribution in [0.15, 0.2) is 24.3 Å². The number of amides is 2. The van der Waals surface area contributed by atoms with Gasteiger partial charge in [0.2, 0.25) is 11.8 Å². The summed E-state index contributed by atoms with van der Waals surface area (Å²) in [6.07, 6.45) is 0. The smallest absolute Gasteiger partial charge is 0.243 e. The highest BCUT2D eigenvalue weighted by Crippen LogP contribution is 2.14. The second-order valence-corrected chi connectivity index (χ2v) is 4.48. The van der Waals surface area contributed by atoms with E-state index >= 15 is 0 Å². The van der Waals surface area contributed by atoms with Gasteiger partial charge >= 0.3 is 0 Å². The van der Waals surface area contributed by atoms with Crippen LogP contribution in [0.1, 0.15) is 6.92 Å². The van der Waals surface area contributed by atoms with E-state index in [2.05, 4.69) is 5.32 Å². The molecular formula is C12H16ClN3O2. The molecule has 0 bridgehead atoms. The molecule has 98 valence electrons. The molecule has 0 saturated carbocycles. The number of rotatable bonds is 4. The molecule has 0 aliphatic rings. The molecular weight excluding hydrogens is 254 g/mol. The lowest BCUT2D eigenvalue weighted by Crippen LogP contribution is -2.43. The first kappa shape index (κ1) is 14.5. The van der Waals surface area contributed by atoms with Gasteiger partial charge in [-0.25, -0.2) is 0 Å². The lowest BCUT2D eigenvalue weighted by Gasteiger charge is -2.18. The van der Waals surface area contributed by atoms with Gasteiger partial charge in [-0.1, -0.05) is 17.7 Å². The molecule has 0 aliphatic carbocycles. The first-order valence-corrected chi connectivity index (χ1v) is 5.84. The first-order valence-electron chi connectivity index (χ1n) is 5.46. The molecule has 1 aromatic rings. The van der Waals surface area contributed by atoms with Crippen molar-refractivity contribution in [3.63, 3.8) is 0 Å². The first-order chi connectivity index (χ1) is 8.40. The van der Waals surface area contributed by atoms with Crippen LogP contribution in [-0.2, 0) is 9.59 Å². The van der Waals surface area contributed by atoms with Crippen molar-refractivity contribution in [1.29, 1.82) is 0 Å². The molecule has 0 aromatic heterocycles. The highest BCUT2D eigenvalue weighted by molar-refractivity contribution is 6.30. The molecule has 0 unspecified atom stereocenters. The van der Waals surface area contributed by atoms with Gasteiger partial charge in [0.05, 0.1) is 12.6 Å². The third-order valence-corrected chi connectivity index (χ3v) is 2.49. The standard InChI is InChI=1S/C12H16ClN3O2/c1-8(14)12(18)16(2)7-11(17)15-10-5-3-4-9(13)6-10/h3-6,8H,7,14H2,1-2H3,(H,15,17)/t8-/m1/s1. The van der Waals surface area contributed by atoms with Gasteiger partial charge in [-0.2, -0.15) is 0 Å². The highest BCUT2D eigenvalue weighted by atomic mass is 35.5. The topological polar surface area (TPSA) is 75.4 Å². The maximum atomic E-state index is 11.7. The fourth-order valence-corrected chi connectivity index (χ4v) is 1.60. The minimum atomic E-state index is -0.617. The predicted octanol–water partition coefficient (Wildman–Crippen LogP) is 1.08. The Morgan fingerprint density at radius 2 is 2.17 bits per heavy atom. The second-order valence-electron chi connectivity index (χ2n) is 4.04. The van der Waals surface area contributed by atoms with Crippen LogP contribution in [0, 0.1) is 0 Å². The number of likely N-dealkylation sites (N-methyl/N-ethyl adjacent to an activating group) is 1. The number of halogens is 1. The van der Waals surface area contributed by atoms with Crippen molar-refractivity contribution in [2.75, 3.05) is 18.9 Å². The highest BCUT2D eigenvalue weighted by Gasteiger charge is 2.16. The summed E-state index contributed by atoms with van der Waals surface area (Å²) in [5.41, 5.74) is 6.04. The Balaban J connectivity index is 2.54. The molecule has 0 aliphatic heterocycles. The zero-order valence-corrected chi connectivity index (χ0v) is 11.1. The van der Waals surface area contributed by atoms with E-state index < -0.39 is 6.04 Å². The van der Waals surface area contributed by atoms with Gasteiger partial charge in [-0.05, 0) is 25.1 Å². The summed E-state index contributed by atoms with van der Waals surface area (Å²) >= 11 is 5.79. The molecule has 0 fully saturated rings. The second kappa shape index (κ2) is 6.37. The van der Waals surface area contributed by atoms with Crippen LogP contribution < -0.4 is 11.1 Å². The minimum absolute atomic E-state index is 0.0487. The van der Waals surface area contributed by atoms with Crippen LogP contribution in [0.3, 0.4) is 0 Å². The van der Waals surface area contributed by atoms with Gasteiger partial charge in [0.15, 0.2) is 0 Å². The van der Waals surface area contributed by atoms with E-state index in [0.717, 1.165) is 0 Å². The van der Waals surface area contributed by atoms with Gasteiger partial charge in [-0.3, -0.25) is 9.59 Å². The van der Waals surface area contributed by atoms with E-state index in [-0.39, 0.29) is 18.4 Å². The Morgan fingerprint density at radius 1 is 1.50 bits per heavy atom. The number of hydrogen-bond acceptors (Lipinski definition) is 3. The average molecular weight is 270 g/mol. The van der Waals surface area contributed by atoms with Crippen LogP contribution in [0.4, 0.5) is 5.69 Å². The van der Waals surface area contributed by atoms with Crippen molar-refractivity contribution >= 4 is 29.1 Å². The Morgan fingerprint density at radius 3 is 2.72 bits per heavy atom. The fourth-order valence-electron chi connectivity index (χ4n) is 1.41. The van der Waals surface area contributed by atoms with Crippen molar-refractivity contribution in [3.05, 3.63) is 29.3 Å². The summed E-state index contributed by atoms with van der Waals surface area (Å²) in [7, 11) is 1.53. The summed E-state index contributed by atoms with van der Waals surface area (Å²) in [6.45, 7) is 1.53. The number of anilines is 1. The Labute approximate surface area is 111 Å². The Bertz CT molecular complexity index is 449. The van der Waals surface area contributed by atoms with Crippen molar-refractivity contribution in [3.8, 4) is 0 Å². The van der Waals surface area contributed by atoms with Gasteiger partial charge in [0.25, 0.3) is 0 Å². The fraction of sp³-hybridized carbons (Fsp3) is 0.333. The van der Waals surface area contributed by atoms with Gasteiger partial charge in [0, 0.05) is 17.8 Å². The van der Waals surface area contributed by atoms with Crippen molar-refractivity contribution in [2.45, 2.75) is 13.0 Å². The average Bonchev–Trinajstić information content (AvgIpc) is 2.27. The molecule has 1 atom stereocenters. The van der Waals surface area contributed by atoms with E-state index in [0.29, 0.717) is 10.7 Å². The van der Waals surface area contributed by atoms with E-state index in [1.165, 1.54) is 11.9 Å². The lowest BCUT2D eigenvalue weighted by molar-refractivity contribution is -0.134. The van der Waals surface area contributed by atoms with Gasteiger partial charge < -0.3 is 16.0 Å². The summed E-state index contributed by atoms with van der Waals surface area (Å²) < 4.78 is 0. The molecule has 1 rings (SSSR count). The molecule has 0 radical (unpaired) electrons. The summed E-state index contributed by atoms with van der Waals surface area (Å²) in [4.78, 5) is 24.4. The molecule has 1 aromatic carbocycles. The summed E-state index contributed by atoms with van der Waals surface area (Å²) in [6, 6.07) is 6.18. The molecule has 0 spiro atoms. The normalized spacial score (nSPS) is 11.8. The third kappa shape index (κ3) is 4.35. The predicted molar refractivity (Wildman–Crippen MR) is 71.4 cm³/mol. The third-order valence-electron chi connectivity index (χ3n) is 2.25. The van der Waals surface area contributed by atoms with Crippen molar-refractivity contribution in [2.24, 2.45) is 5.73 Å². The van der Waals surface area contributed by atoms with Gasteiger partial charge in [0.1, 0.15) is 0 Å². The molecule has 0 heterocycles. The maximum absolute atomic E-state index is 11.7. The maximum Gasteiger partial charge on any atom is 0.243 e. The Hall–Kier alpha value is -1.59. The van der Waals surface area contributed by atoms with Crippen LogP contribution in [0.25, 0.3) is 0 Å². The minimum Gasteiger partial charge on any atom is -0.335 e. The largest absolute Gasteiger partial charge is 0.335 e. The summed E-state index contributed by atoms with van der Waals surface area (Å²) in [5.74, 6) is -0.579. The number of nitrogens with zero attached hydrogens (tertiary/aromatic N) is 1. The van der Waals surface area contributed by atoms with E-state index in [1.807, 2.05) is 0 Å². The van der Waals surface area contributed by atoms with Crippen LogP contribution in [-0.4, -0.2) is 36.3 Å². The number of carbonyl (C=O) groups is 2. The SMILES string of the molecule is C[C@@H](N)C(=O)N(C)CC(=O)Nc1cccc(Cl)c1. The Kier molecular flexibility index (Phi) is 5.12. The molecule has 2 amide bonds. The molecule has 6 heteroatoms. The van der Waals surface area contributed by atoms with E-state index in [1.54, 1.807) is 31.2 Å². The number of hydrogen-bond donors (Lipinski definition) is 2. The molecule has 18 heavy (non-hydrogen) atoms. The number of nitrogens with one attached hydrogen (secondary N) is 1. The molecule has 3 N–H and O–H groups in total. The van der Waals surface area contributed by atoms with Crippen molar-refractivity contribution in [1.82, 2.24) is 4.90 Å². The van der Waals surface area contributed by atoms with Crippen LogP contribution in [0.5, 0.6) is 0 Å². The molecule has 5 nitrogen and oxygen atoms in total. The zero-order chi connectivity index (χ0) is 13.7. The number of benzene rings is 1.